The molecule has 1 aliphatic heterocycles. The van der Waals surface area contributed by atoms with Gasteiger partial charge in [0.1, 0.15) is 41.4 Å². The molecule has 0 unspecified atom stereocenters. The van der Waals surface area contributed by atoms with Crippen LogP contribution in [0.5, 0.6) is 0 Å². The minimum atomic E-state index is -4.56. The number of benzene rings is 1. The SMILES string of the molecule is CCOCC(=O)N1CCO[C@@H](c2nc(-c3ccc(C(=O)Nc4cc(C(F)(F)F)ccn4)cc3)c3c(N)nccn23)C1. The molecule has 14 heteroatoms. The normalized spacial score (nSPS) is 15.7. The fourth-order valence-electron chi connectivity index (χ4n) is 4.47. The van der Waals surface area contributed by atoms with Gasteiger partial charge in [-0.2, -0.15) is 13.2 Å². The van der Waals surface area contributed by atoms with E-state index in [1.807, 2.05) is 6.92 Å². The van der Waals surface area contributed by atoms with Crippen molar-refractivity contribution in [2.24, 2.45) is 0 Å². The molecule has 4 aromatic rings. The highest BCUT2D eigenvalue weighted by atomic mass is 19.4. The Morgan fingerprint density at radius 1 is 1.17 bits per heavy atom. The molecule has 4 heterocycles. The number of pyridine rings is 1. The van der Waals surface area contributed by atoms with E-state index in [9.17, 15) is 22.8 Å². The minimum Gasteiger partial charge on any atom is -0.382 e. The molecule has 1 aromatic carbocycles. The lowest BCUT2D eigenvalue weighted by molar-refractivity contribution is -0.144. The molecule has 1 atom stereocenters. The maximum absolute atomic E-state index is 13.0. The van der Waals surface area contributed by atoms with Crippen LogP contribution in [0.4, 0.5) is 24.8 Å². The number of nitrogens with zero attached hydrogens (tertiary/aromatic N) is 5. The Morgan fingerprint density at radius 2 is 1.95 bits per heavy atom. The third-order valence-corrected chi connectivity index (χ3v) is 6.50. The van der Waals surface area contributed by atoms with Gasteiger partial charge in [0.05, 0.1) is 18.7 Å². The molecule has 214 valence electrons. The lowest BCUT2D eigenvalue weighted by atomic mass is 10.1. The number of carbonyl (C=O) groups is 2. The van der Waals surface area contributed by atoms with Gasteiger partial charge in [-0.1, -0.05) is 12.1 Å². The molecule has 11 nitrogen and oxygen atoms in total. The number of nitrogens with one attached hydrogen (secondary N) is 1. The average Bonchev–Trinajstić information content (AvgIpc) is 3.37. The second kappa shape index (κ2) is 11.5. The van der Waals surface area contributed by atoms with Crippen molar-refractivity contribution < 1.29 is 32.2 Å². The smallest absolute Gasteiger partial charge is 0.382 e. The van der Waals surface area contributed by atoms with Crippen molar-refractivity contribution in [3.05, 3.63) is 71.9 Å². The molecule has 2 amide bonds. The van der Waals surface area contributed by atoms with Gasteiger partial charge in [-0.3, -0.25) is 14.0 Å². The molecule has 41 heavy (non-hydrogen) atoms. The summed E-state index contributed by atoms with van der Waals surface area (Å²) in [5.41, 5.74) is 7.13. The molecule has 0 radical (unpaired) electrons. The quantitative estimate of drug-likeness (QED) is 0.345. The first-order valence-corrected chi connectivity index (χ1v) is 12.7. The van der Waals surface area contributed by atoms with Crippen molar-refractivity contribution in [3.63, 3.8) is 0 Å². The first-order chi connectivity index (χ1) is 19.7. The molecule has 1 aliphatic rings. The summed E-state index contributed by atoms with van der Waals surface area (Å²) in [6.07, 6.45) is -0.889. The first-order valence-electron chi connectivity index (χ1n) is 12.7. The van der Waals surface area contributed by atoms with Gasteiger partial charge in [0, 0.05) is 42.9 Å². The summed E-state index contributed by atoms with van der Waals surface area (Å²) in [6.45, 7) is 3.26. The van der Waals surface area contributed by atoms with Gasteiger partial charge in [-0.15, -0.1) is 0 Å². The van der Waals surface area contributed by atoms with Crippen LogP contribution in [-0.4, -0.2) is 69.0 Å². The minimum absolute atomic E-state index is 0.0164. The van der Waals surface area contributed by atoms with Crippen LogP contribution in [0.3, 0.4) is 0 Å². The first kappa shape index (κ1) is 28.0. The largest absolute Gasteiger partial charge is 0.416 e. The third kappa shape index (κ3) is 5.98. The number of hydrogen-bond acceptors (Lipinski definition) is 8. The van der Waals surface area contributed by atoms with E-state index in [1.165, 1.54) is 18.3 Å². The van der Waals surface area contributed by atoms with Crippen molar-refractivity contribution in [2.45, 2.75) is 19.2 Å². The van der Waals surface area contributed by atoms with Crippen LogP contribution in [-0.2, 0) is 20.4 Å². The van der Waals surface area contributed by atoms with Crippen molar-refractivity contribution in [3.8, 4) is 11.3 Å². The number of rotatable bonds is 7. The van der Waals surface area contributed by atoms with E-state index in [-0.39, 0.29) is 36.3 Å². The van der Waals surface area contributed by atoms with Gasteiger partial charge in [-0.05, 0) is 31.2 Å². The molecule has 3 N–H and O–H groups in total. The summed E-state index contributed by atoms with van der Waals surface area (Å²) in [5, 5.41) is 2.38. The Bertz CT molecular complexity index is 1570. The fraction of sp³-hybridized carbons (Fsp3) is 0.296. The second-order valence-electron chi connectivity index (χ2n) is 9.15. The Labute approximate surface area is 232 Å². The van der Waals surface area contributed by atoms with Crippen LogP contribution in [0.15, 0.2) is 55.0 Å². The van der Waals surface area contributed by atoms with Gasteiger partial charge < -0.3 is 25.4 Å². The van der Waals surface area contributed by atoms with E-state index in [0.29, 0.717) is 42.4 Å². The number of halogens is 3. The van der Waals surface area contributed by atoms with Crippen molar-refractivity contribution in [2.75, 3.05) is 44.0 Å². The van der Waals surface area contributed by atoms with Crippen LogP contribution in [0.25, 0.3) is 16.8 Å². The highest BCUT2D eigenvalue weighted by Crippen LogP contribution is 2.33. The van der Waals surface area contributed by atoms with Crippen LogP contribution in [0, 0.1) is 0 Å². The molecule has 5 rings (SSSR count). The summed E-state index contributed by atoms with van der Waals surface area (Å²) in [5.74, 6) is -0.253. The second-order valence-corrected chi connectivity index (χ2v) is 9.15. The van der Waals surface area contributed by atoms with Crippen molar-refractivity contribution in [1.29, 1.82) is 0 Å². The number of anilines is 2. The fourth-order valence-corrected chi connectivity index (χ4v) is 4.47. The predicted molar refractivity (Wildman–Crippen MR) is 142 cm³/mol. The number of morpholine rings is 1. The van der Waals surface area contributed by atoms with Crippen LogP contribution in [0.2, 0.25) is 0 Å². The highest BCUT2D eigenvalue weighted by Gasteiger charge is 2.31. The number of carbonyl (C=O) groups excluding carboxylic acids is 2. The molecule has 0 saturated carbocycles. The standard InChI is InChI=1S/C27H26F3N7O4/c1-2-40-15-21(38)36-11-12-41-19(14-36)25-35-22(23-24(31)33-9-10-37(23)25)16-3-5-17(6-4-16)26(39)34-20-13-18(7-8-32-20)27(28,29)30/h3-10,13,19H,2,11-12,14-15H2,1H3,(H2,31,33)(H,32,34,39)/t19-/m1/s1. The zero-order valence-corrected chi connectivity index (χ0v) is 21.9. The monoisotopic (exact) mass is 569 g/mol. The van der Waals surface area contributed by atoms with E-state index >= 15 is 0 Å². The number of ether oxygens (including phenoxy) is 2. The van der Waals surface area contributed by atoms with E-state index < -0.39 is 23.8 Å². The van der Waals surface area contributed by atoms with E-state index in [1.54, 1.807) is 27.6 Å². The Morgan fingerprint density at radius 3 is 2.68 bits per heavy atom. The number of aromatic nitrogens is 4. The van der Waals surface area contributed by atoms with E-state index in [4.69, 9.17) is 20.2 Å². The number of hydrogen-bond donors (Lipinski definition) is 2. The third-order valence-electron chi connectivity index (χ3n) is 6.50. The summed E-state index contributed by atoms with van der Waals surface area (Å²) in [4.78, 5) is 39.7. The Kier molecular flexibility index (Phi) is 7.85. The zero-order chi connectivity index (χ0) is 29.1. The molecule has 1 saturated heterocycles. The van der Waals surface area contributed by atoms with Gasteiger partial charge in [0.15, 0.2) is 0 Å². The van der Waals surface area contributed by atoms with Crippen molar-refractivity contribution >= 4 is 29.0 Å². The Balaban J connectivity index is 1.40. The highest BCUT2D eigenvalue weighted by molar-refractivity contribution is 6.04. The zero-order valence-electron chi connectivity index (χ0n) is 21.9. The maximum atomic E-state index is 13.0. The molecule has 0 bridgehead atoms. The lowest BCUT2D eigenvalue weighted by Gasteiger charge is -2.32. The summed E-state index contributed by atoms with van der Waals surface area (Å²) < 4.78 is 52.0. The van der Waals surface area contributed by atoms with Gasteiger partial charge in [0.2, 0.25) is 5.91 Å². The Hall–Kier alpha value is -4.56. The summed E-state index contributed by atoms with van der Waals surface area (Å²) in [6, 6.07) is 7.91. The average molecular weight is 570 g/mol. The maximum Gasteiger partial charge on any atom is 0.416 e. The molecule has 1 fully saturated rings. The number of imidazole rings is 1. The number of amides is 2. The van der Waals surface area contributed by atoms with Crippen molar-refractivity contribution in [1.82, 2.24) is 24.3 Å². The number of alkyl halides is 3. The van der Waals surface area contributed by atoms with Crippen LogP contribution in [0.1, 0.15) is 34.8 Å². The van der Waals surface area contributed by atoms with Gasteiger partial charge in [-0.25, -0.2) is 15.0 Å². The van der Waals surface area contributed by atoms with Gasteiger partial charge in [0.25, 0.3) is 5.91 Å². The summed E-state index contributed by atoms with van der Waals surface area (Å²) in [7, 11) is 0. The lowest BCUT2D eigenvalue weighted by Crippen LogP contribution is -2.44. The van der Waals surface area contributed by atoms with Crippen LogP contribution < -0.4 is 11.1 Å². The topological polar surface area (TPSA) is 137 Å². The predicted octanol–water partition coefficient (Wildman–Crippen LogP) is 3.58. The van der Waals surface area contributed by atoms with E-state index in [0.717, 1.165) is 18.3 Å². The van der Waals surface area contributed by atoms with E-state index in [2.05, 4.69) is 15.3 Å². The molecule has 0 aliphatic carbocycles. The molecule has 0 spiro atoms. The molecular formula is C27H26F3N7O4. The van der Waals surface area contributed by atoms with Crippen LogP contribution >= 0.6 is 0 Å². The number of fused-ring (bicyclic) bond motifs is 1. The number of nitrogen functional groups attached to an aromatic ring is 1. The summed E-state index contributed by atoms with van der Waals surface area (Å²) >= 11 is 0. The molecular weight excluding hydrogens is 543 g/mol. The number of nitrogens with two attached hydrogens (primary N) is 1. The van der Waals surface area contributed by atoms with Gasteiger partial charge >= 0.3 is 6.18 Å². The molecule has 3 aromatic heterocycles.